The number of rotatable bonds is 2. The predicted octanol–water partition coefficient (Wildman–Crippen LogP) is 1.31. The minimum Gasteiger partial charge on any atom is -0.454 e. The lowest BCUT2D eigenvalue weighted by Gasteiger charge is -2.19. The molecular weight excluding hydrogens is 222 g/mol. The van der Waals surface area contributed by atoms with Gasteiger partial charge in [-0.2, -0.15) is 0 Å². The summed E-state index contributed by atoms with van der Waals surface area (Å²) in [6.07, 6.45) is -1.44. The zero-order valence-electron chi connectivity index (χ0n) is 9.38. The molecule has 2 atom stereocenters. The molecule has 90 valence electrons. The van der Waals surface area contributed by atoms with Crippen LogP contribution in [0.4, 0.5) is 4.79 Å². The molecule has 2 N–H and O–H groups in total. The van der Waals surface area contributed by atoms with Crippen molar-refractivity contribution in [3.05, 3.63) is 35.4 Å². The van der Waals surface area contributed by atoms with E-state index in [-0.39, 0.29) is 0 Å². The minimum absolute atomic E-state index is 0.412. The van der Waals surface area contributed by atoms with Crippen LogP contribution in [0.15, 0.2) is 24.3 Å². The van der Waals surface area contributed by atoms with E-state index in [0.29, 0.717) is 6.42 Å². The second kappa shape index (κ2) is 4.45. The number of fused-ring (bicyclic) bond motifs is 1. The van der Waals surface area contributed by atoms with Gasteiger partial charge in [-0.15, -0.1) is 0 Å². The van der Waals surface area contributed by atoms with Crippen LogP contribution in [0.2, 0.25) is 0 Å². The number of ether oxygens (including phenoxy) is 2. The monoisotopic (exact) mass is 235 g/mol. The van der Waals surface area contributed by atoms with Crippen LogP contribution in [0.3, 0.4) is 0 Å². The zero-order valence-corrected chi connectivity index (χ0v) is 9.38. The fourth-order valence-corrected chi connectivity index (χ4v) is 2.09. The summed E-state index contributed by atoms with van der Waals surface area (Å²) in [5.41, 5.74) is 6.87. The first kappa shape index (κ1) is 11.4. The van der Waals surface area contributed by atoms with Gasteiger partial charge in [0.25, 0.3) is 0 Å². The molecule has 0 fully saturated rings. The van der Waals surface area contributed by atoms with Crippen LogP contribution in [-0.2, 0) is 20.7 Å². The van der Waals surface area contributed by atoms with Gasteiger partial charge in [0.1, 0.15) is 6.10 Å². The number of amides is 1. The summed E-state index contributed by atoms with van der Waals surface area (Å²) in [4.78, 5) is 21.8. The van der Waals surface area contributed by atoms with E-state index in [1.807, 2.05) is 24.3 Å². The standard InChI is InChI=1S/C12H13NO4/c1-7(14)16-11-9-5-3-2-4-8(9)6-10(11)17-12(13)15/h2-5,10-11H,6H2,1H3,(H2,13,15). The van der Waals surface area contributed by atoms with Crippen LogP contribution < -0.4 is 5.73 Å². The number of hydrogen-bond acceptors (Lipinski definition) is 4. The van der Waals surface area contributed by atoms with Crippen molar-refractivity contribution in [3.63, 3.8) is 0 Å². The van der Waals surface area contributed by atoms with Crippen molar-refractivity contribution in [2.24, 2.45) is 5.73 Å². The number of nitrogens with two attached hydrogens (primary N) is 1. The summed E-state index contributed by atoms with van der Waals surface area (Å²) in [7, 11) is 0. The summed E-state index contributed by atoms with van der Waals surface area (Å²) < 4.78 is 10.1. The molecule has 5 nitrogen and oxygen atoms in total. The van der Waals surface area contributed by atoms with Crippen molar-refractivity contribution in [2.45, 2.75) is 25.6 Å². The maximum Gasteiger partial charge on any atom is 0.404 e. The molecule has 0 saturated heterocycles. The highest BCUT2D eigenvalue weighted by Crippen LogP contribution is 2.36. The molecule has 1 aliphatic carbocycles. The molecule has 0 spiro atoms. The van der Waals surface area contributed by atoms with Crippen LogP contribution in [0, 0.1) is 0 Å². The van der Waals surface area contributed by atoms with E-state index in [2.05, 4.69) is 0 Å². The van der Waals surface area contributed by atoms with E-state index < -0.39 is 24.3 Å². The molecule has 1 aromatic carbocycles. The van der Waals surface area contributed by atoms with Crippen LogP contribution in [0.1, 0.15) is 24.2 Å². The minimum atomic E-state index is -0.861. The Balaban J connectivity index is 2.26. The van der Waals surface area contributed by atoms with Gasteiger partial charge in [-0.05, 0) is 11.1 Å². The highest BCUT2D eigenvalue weighted by atomic mass is 16.6. The van der Waals surface area contributed by atoms with Crippen molar-refractivity contribution in [2.75, 3.05) is 0 Å². The molecular formula is C12H13NO4. The highest BCUT2D eigenvalue weighted by Gasteiger charge is 2.37. The van der Waals surface area contributed by atoms with Crippen LogP contribution >= 0.6 is 0 Å². The maximum absolute atomic E-state index is 11.0. The van der Waals surface area contributed by atoms with Gasteiger partial charge in [0.2, 0.25) is 0 Å². The molecule has 2 rings (SSSR count). The molecule has 0 aliphatic heterocycles. The van der Waals surface area contributed by atoms with E-state index in [1.165, 1.54) is 6.92 Å². The average molecular weight is 235 g/mol. The highest BCUT2D eigenvalue weighted by molar-refractivity contribution is 5.67. The van der Waals surface area contributed by atoms with Gasteiger partial charge in [-0.3, -0.25) is 4.79 Å². The van der Waals surface area contributed by atoms with E-state index in [0.717, 1.165) is 11.1 Å². The molecule has 0 aromatic heterocycles. The van der Waals surface area contributed by atoms with Gasteiger partial charge < -0.3 is 15.2 Å². The summed E-state index contributed by atoms with van der Waals surface area (Å²) >= 11 is 0. The Hall–Kier alpha value is -2.04. The van der Waals surface area contributed by atoms with Crippen molar-refractivity contribution in [3.8, 4) is 0 Å². The van der Waals surface area contributed by atoms with Crippen LogP contribution in [-0.4, -0.2) is 18.2 Å². The van der Waals surface area contributed by atoms with Gasteiger partial charge >= 0.3 is 12.1 Å². The Morgan fingerprint density at radius 2 is 2.00 bits per heavy atom. The van der Waals surface area contributed by atoms with Crippen molar-refractivity contribution < 1.29 is 19.1 Å². The SMILES string of the molecule is CC(=O)OC1c2ccccc2CC1OC(N)=O. The number of esters is 1. The van der Waals surface area contributed by atoms with Gasteiger partial charge in [0.15, 0.2) is 6.10 Å². The van der Waals surface area contributed by atoms with E-state index in [4.69, 9.17) is 15.2 Å². The first-order valence-electron chi connectivity index (χ1n) is 5.29. The Morgan fingerprint density at radius 1 is 1.29 bits per heavy atom. The van der Waals surface area contributed by atoms with Gasteiger partial charge in [0, 0.05) is 13.3 Å². The molecule has 17 heavy (non-hydrogen) atoms. The van der Waals surface area contributed by atoms with Crippen LogP contribution in [0.25, 0.3) is 0 Å². The maximum atomic E-state index is 11.0. The summed E-state index contributed by atoms with van der Waals surface area (Å²) in [6.45, 7) is 1.32. The van der Waals surface area contributed by atoms with Crippen LogP contribution in [0.5, 0.6) is 0 Å². The first-order valence-corrected chi connectivity index (χ1v) is 5.29. The molecule has 0 saturated carbocycles. The second-order valence-electron chi connectivity index (χ2n) is 3.91. The van der Waals surface area contributed by atoms with E-state index in [9.17, 15) is 9.59 Å². The van der Waals surface area contributed by atoms with Crippen molar-refractivity contribution >= 4 is 12.1 Å². The topological polar surface area (TPSA) is 78.6 Å². The number of hydrogen-bond donors (Lipinski definition) is 1. The summed E-state index contributed by atoms with van der Waals surface area (Å²) in [5, 5.41) is 0. The number of primary amides is 1. The van der Waals surface area contributed by atoms with Crippen molar-refractivity contribution in [1.82, 2.24) is 0 Å². The lowest BCUT2D eigenvalue weighted by molar-refractivity contribution is -0.151. The summed E-state index contributed by atoms with van der Waals surface area (Å²) in [5.74, 6) is -0.412. The molecule has 0 heterocycles. The molecule has 1 amide bonds. The molecule has 2 unspecified atom stereocenters. The van der Waals surface area contributed by atoms with E-state index >= 15 is 0 Å². The van der Waals surface area contributed by atoms with Crippen molar-refractivity contribution in [1.29, 1.82) is 0 Å². The third-order valence-corrected chi connectivity index (χ3v) is 2.68. The first-order chi connectivity index (χ1) is 8.08. The number of carbonyl (C=O) groups is 2. The molecule has 0 radical (unpaired) electrons. The lowest BCUT2D eigenvalue weighted by Crippen LogP contribution is -2.28. The molecule has 5 heteroatoms. The molecule has 1 aliphatic rings. The normalized spacial score (nSPS) is 21.7. The Labute approximate surface area is 98.5 Å². The largest absolute Gasteiger partial charge is 0.454 e. The molecule has 0 bridgehead atoms. The Morgan fingerprint density at radius 3 is 2.65 bits per heavy atom. The average Bonchev–Trinajstić information content (AvgIpc) is 2.55. The second-order valence-corrected chi connectivity index (χ2v) is 3.91. The summed E-state index contributed by atoms with van der Waals surface area (Å²) in [6, 6.07) is 7.50. The number of benzene rings is 1. The smallest absolute Gasteiger partial charge is 0.404 e. The quantitative estimate of drug-likeness (QED) is 0.784. The van der Waals surface area contributed by atoms with E-state index in [1.54, 1.807) is 0 Å². The van der Waals surface area contributed by atoms with Gasteiger partial charge in [-0.25, -0.2) is 4.79 Å². The van der Waals surface area contributed by atoms with Gasteiger partial charge in [-0.1, -0.05) is 24.3 Å². The lowest BCUT2D eigenvalue weighted by atomic mass is 10.1. The predicted molar refractivity (Wildman–Crippen MR) is 59.1 cm³/mol. The molecule has 1 aromatic rings. The Bertz CT molecular complexity index is 458. The number of carbonyl (C=O) groups excluding carboxylic acids is 2. The fourth-order valence-electron chi connectivity index (χ4n) is 2.09. The third-order valence-electron chi connectivity index (χ3n) is 2.68. The zero-order chi connectivity index (χ0) is 12.4. The fraction of sp³-hybridized carbons (Fsp3) is 0.333. The van der Waals surface area contributed by atoms with Gasteiger partial charge in [0.05, 0.1) is 0 Å². The Kier molecular flexibility index (Phi) is 2.99. The third kappa shape index (κ3) is 2.38.